The molecule has 10 heteroatoms. The summed E-state index contributed by atoms with van der Waals surface area (Å²) in [4.78, 5) is 15.2. The zero-order valence-electron chi connectivity index (χ0n) is 20.7. The molecule has 0 unspecified atom stereocenters. The second kappa shape index (κ2) is 11.8. The lowest BCUT2D eigenvalue weighted by atomic mass is 10.2. The van der Waals surface area contributed by atoms with Crippen LogP contribution in [0.15, 0.2) is 47.4 Å². The smallest absolute Gasteiger partial charge is 0.262 e. The topological polar surface area (TPSA) is 97.4 Å². The number of carbonyl (C=O) groups excluding carboxylic acids is 1. The minimum atomic E-state index is -3.70. The molecular formula is C26H33N3O6S. The number of carbonyl (C=O) groups is 1. The van der Waals surface area contributed by atoms with Gasteiger partial charge in [0.1, 0.15) is 0 Å². The van der Waals surface area contributed by atoms with Crippen molar-refractivity contribution in [3.63, 3.8) is 0 Å². The fourth-order valence-corrected chi connectivity index (χ4v) is 5.81. The fraction of sp³-hybridized carbons (Fsp3) is 0.423. The predicted octanol–water partition coefficient (Wildman–Crippen LogP) is 3.37. The van der Waals surface area contributed by atoms with Crippen LogP contribution in [-0.4, -0.2) is 71.7 Å². The summed E-state index contributed by atoms with van der Waals surface area (Å²) in [5.41, 5.74) is 2.21. The third kappa shape index (κ3) is 6.00. The van der Waals surface area contributed by atoms with E-state index in [2.05, 4.69) is 10.2 Å². The number of nitrogens with one attached hydrogen (secondary N) is 1. The van der Waals surface area contributed by atoms with Gasteiger partial charge in [-0.2, -0.15) is 4.31 Å². The maximum absolute atomic E-state index is 13.2. The van der Waals surface area contributed by atoms with Crippen molar-refractivity contribution in [2.45, 2.75) is 24.7 Å². The summed E-state index contributed by atoms with van der Waals surface area (Å²) >= 11 is 0. The Labute approximate surface area is 212 Å². The van der Waals surface area contributed by atoms with Gasteiger partial charge in [-0.3, -0.25) is 4.79 Å². The molecule has 2 aliphatic rings. The summed E-state index contributed by atoms with van der Waals surface area (Å²) in [5.74, 6) is 0.579. The first-order valence-electron chi connectivity index (χ1n) is 12.1. The molecule has 0 radical (unpaired) electrons. The lowest BCUT2D eigenvalue weighted by molar-refractivity contribution is -0.118. The van der Waals surface area contributed by atoms with E-state index in [9.17, 15) is 13.2 Å². The van der Waals surface area contributed by atoms with Crippen LogP contribution in [0.4, 0.5) is 11.4 Å². The molecule has 2 aliphatic heterocycles. The van der Waals surface area contributed by atoms with E-state index < -0.39 is 15.9 Å². The molecule has 1 amide bonds. The van der Waals surface area contributed by atoms with Crippen LogP contribution in [0.5, 0.6) is 11.5 Å². The van der Waals surface area contributed by atoms with Gasteiger partial charge in [-0.15, -0.1) is 0 Å². The average Bonchev–Trinajstić information content (AvgIpc) is 3.43. The third-order valence-corrected chi connectivity index (χ3v) is 8.10. The van der Waals surface area contributed by atoms with Gasteiger partial charge in [-0.25, -0.2) is 8.42 Å². The van der Waals surface area contributed by atoms with Crippen LogP contribution in [0, 0.1) is 0 Å². The molecular weight excluding hydrogens is 482 g/mol. The van der Waals surface area contributed by atoms with E-state index in [4.69, 9.17) is 14.2 Å². The van der Waals surface area contributed by atoms with Crippen molar-refractivity contribution >= 4 is 33.4 Å². The van der Waals surface area contributed by atoms with Crippen molar-refractivity contribution in [3.05, 3.63) is 48.0 Å². The highest BCUT2D eigenvalue weighted by atomic mass is 32.2. The van der Waals surface area contributed by atoms with Crippen molar-refractivity contribution in [2.24, 2.45) is 0 Å². The fourth-order valence-electron chi connectivity index (χ4n) is 4.37. The molecule has 9 nitrogen and oxygen atoms in total. The van der Waals surface area contributed by atoms with Gasteiger partial charge in [0.05, 0.1) is 36.6 Å². The maximum Gasteiger partial charge on any atom is 0.262 e. The van der Waals surface area contributed by atoms with Crippen LogP contribution in [0.1, 0.15) is 25.3 Å². The van der Waals surface area contributed by atoms with E-state index in [0.717, 1.165) is 37.2 Å². The lowest BCUT2D eigenvalue weighted by Crippen LogP contribution is -2.40. The molecule has 2 aromatic rings. The summed E-state index contributed by atoms with van der Waals surface area (Å²) in [7, 11) is -2.16. The van der Waals surface area contributed by atoms with Gasteiger partial charge < -0.3 is 24.4 Å². The molecule has 4 rings (SSSR count). The van der Waals surface area contributed by atoms with E-state index in [1.165, 1.54) is 4.31 Å². The highest BCUT2D eigenvalue weighted by Crippen LogP contribution is 2.33. The van der Waals surface area contributed by atoms with Crippen molar-refractivity contribution in [1.29, 1.82) is 0 Å². The number of nitrogens with zero attached hydrogens (tertiary/aromatic N) is 2. The SMILES string of the molecule is C/C=C\c1ccc(OCC(=O)Nc2cc(S(=O)(=O)N3CCOCC3)ccc2N2CCCC2)c(OC)c1. The van der Waals surface area contributed by atoms with Crippen molar-refractivity contribution < 1.29 is 27.4 Å². The molecule has 0 spiro atoms. The second-order valence-electron chi connectivity index (χ2n) is 8.64. The molecule has 194 valence electrons. The third-order valence-electron chi connectivity index (χ3n) is 6.20. The molecule has 0 atom stereocenters. The van der Waals surface area contributed by atoms with E-state index in [1.54, 1.807) is 31.4 Å². The number of amides is 1. The Morgan fingerprint density at radius 1 is 1.06 bits per heavy atom. The van der Waals surface area contributed by atoms with Gasteiger partial charge in [0.25, 0.3) is 5.91 Å². The first-order valence-corrected chi connectivity index (χ1v) is 13.6. The number of hydrogen-bond acceptors (Lipinski definition) is 7. The van der Waals surface area contributed by atoms with Crippen LogP contribution < -0.4 is 19.7 Å². The standard InChI is InChI=1S/C26H33N3O6S/c1-3-6-20-7-10-24(25(17-20)33-2)35-19-26(30)27-22-18-21(8-9-23(22)28-11-4-5-12-28)36(31,32)29-13-15-34-16-14-29/h3,6-10,17-18H,4-5,11-16,19H2,1-2H3,(H,27,30)/b6-3-. The van der Waals surface area contributed by atoms with Crippen molar-refractivity contribution in [3.8, 4) is 11.5 Å². The summed E-state index contributed by atoms with van der Waals surface area (Å²) in [5, 5.41) is 2.88. The number of methoxy groups -OCH3 is 1. The maximum atomic E-state index is 13.2. The molecule has 2 heterocycles. The zero-order valence-corrected chi connectivity index (χ0v) is 21.6. The Bertz CT molecular complexity index is 1200. The van der Waals surface area contributed by atoms with Crippen LogP contribution in [0.3, 0.4) is 0 Å². The highest BCUT2D eigenvalue weighted by molar-refractivity contribution is 7.89. The van der Waals surface area contributed by atoms with Crippen LogP contribution in [-0.2, 0) is 19.6 Å². The van der Waals surface area contributed by atoms with E-state index >= 15 is 0 Å². The number of benzene rings is 2. The van der Waals surface area contributed by atoms with Crippen molar-refractivity contribution in [2.75, 3.05) is 63.3 Å². The van der Waals surface area contributed by atoms with Gasteiger partial charge in [0.15, 0.2) is 18.1 Å². The number of rotatable bonds is 9. The summed E-state index contributed by atoms with van der Waals surface area (Å²) in [6, 6.07) is 10.4. The van der Waals surface area contributed by atoms with Crippen LogP contribution in [0.2, 0.25) is 0 Å². The van der Waals surface area contributed by atoms with Gasteiger partial charge in [0.2, 0.25) is 10.0 Å². The van der Waals surface area contributed by atoms with Crippen LogP contribution in [0.25, 0.3) is 6.08 Å². The number of ether oxygens (including phenoxy) is 3. The average molecular weight is 516 g/mol. The Morgan fingerprint density at radius 2 is 1.81 bits per heavy atom. The Hall–Kier alpha value is -3.08. The Kier molecular flexibility index (Phi) is 8.50. The van der Waals surface area contributed by atoms with Crippen molar-refractivity contribution in [1.82, 2.24) is 4.31 Å². The predicted molar refractivity (Wildman–Crippen MR) is 139 cm³/mol. The number of allylic oxidation sites excluding steroid dienone is 1. The Morgan fingerprint density at radius 3 is 2.50 bits per heavy atom. The molecule has 2 fully saturated rings. The molecule has 0 aliphatic carbocycles. The molecule has 0 saturated carbocycles. The molecule has 1 N–H and O–H groups in total. The highest BCUT2D eigenvalue weighted by Gasteiger charge is 2.28. The Balaban J connectivity index is 1.53. The number of anilines is 2. The first kappa shape index (κ1) is 26.0. The largest absolute Gasteiger partial charge is 0.493 e. The second-order valence-corrected chi connectivity index (χ2v) is 10.6. The zero-order chi connectivity index (χ0) is 25.5. The molecule has 0 bridgehead atoms. The molecule has 2 saturated heterocycles. The summed E-state index contributed by atoms with van der Waals surface area (Å²) in [6.45, 7) is 4.73. The molecule has 2 aromatic carbocycles. The minimum absolute atomic E-state index is 0.143. The van der Waals surface area contributed by atoms with Gasteiger partial charge >= 0.3 is 0 Å². The summed E-state index contributed by atoms with van der Waals surface area (Å²) < 4.78 is 44.3. The lowest BCUT2D eigenvalue weighted by Gasteiger charge is -2.27. The molecule has 0 aromatic heterocycles. The van der Waals surface area contributed by atoms with E-state index in [0.29, 0.717) is 43.5 Å². The minimum Gasteiger partial charge on any atom is -0.493 e. The van der Waals surface area contributed by atoms with Gasteiger partial charge in [0, 0.05) is 26.2 Å². The quantitative estimate of drug-likeness (QED) is 0.547. The van der Waals surface area contributed by atoms with Gasteiger partial charge in [-0.05, 0) is 55.7 Å². The molecule has 36 heavy (non-hydrogen) atoms. The van der Waals surface area contributed by atoms with E-state index in [-0.39, 0.29) is 11.5 Å². The van der Waals surface area contributed by atoms with E-state index in [1.807, 2.05) is 31.2 Å². The summed E-state index contributed by atoms with van der Waals surface area (Å²) in [6.07, 6.45) is 5.96. The number of morpholine rings is 1. The van der Waals surface area contributed by atoms with Gasteiger partial charge in [-0.1, -0.05) is 18.2 Å². The normalized spacial score (nSPS) is 16.9. The first-order chi connectivity index (χ1) is 17.4. The number of hydrogen-bond donors (Lipinski definition) is 1. The van der Waals surface area contributed by atoms with Crippen LogP contribution >= 0.6 is 0 Å². The monoisotopic (exact) mass is 515 g/mol. The number of sulfonamides is 1.